The average Bonchev–Trinajstić information content (AvgIpc) is 2.40. The largest absolute Gasteiger partial charge is 0.508 e. The second-order valence-electron chi connectivity index (χ2n) is 4.87. The molecule has 1 aromatic heterocycles. The molecule has 19 heavy (non-hydrogen) atoms. The molecule has 3 nitrogen and oxygen atoms in total. The number of phenolic OH excluding ortho intramolecular Hbond substituents is 1. The molecule has 1 N–H and O–H groups in total. The second-order valence-corrected chi connectivity index (χ2v) is 4.87. The van der Waals surface area contributed by atoms with E-state index in [0.29, 0.717) is 23.2 Å². The van der Waals surface area contributed by atoms with Gasteiger partial charge in [-0.1, -0.05) is 26.7 Å². The molecule has 0 saturated carbocycles. The Hall–Kier alpha value is -1.77. The predicted octanol–water partition coefficient (Wildman–Crippen LogP) is 3.79. The van der Waals surface area contributed by atoms with Crippen molar-refractivity contribution in [3.05, 3.63) is 39.7 Å². The third-order valence-electron chi connectivity index (χ3n) is 3.30. The number of fused-ring (bicyclic) bond motifs is 1. The van der Waals surface area contributed by atoms with E-state index in [2.05, 4.69) is 6.92 Å². The highest BCUT2D eigenvalue weighted by Gasteiger charge is 2.12. The minimum absolute atomic E-state index is 0.0234. The lowest BCUT2D eigenvalue weighted by Gasteiger charge is -2.08. The van der Waals surface area contributed by atoms with Crippen LogP contribution in [0.25, 0.3) is 11.0 Å². The van der Waals surface area contributed by atoms with Gasteiger partial charge in [-0.05, 0) is 25.0 Å². The molecule has 0 unspecified atom stereocenters. The van der Waals surface area contributed by atoms with E-state index in [0.717, 1.165) is 31.2 Å². The van der Waals surface area contributed by atoms with E-state index >= 15 is 0 Å². The van der Waals surface area contributed by atoms with Gasteiger partial charge in [0.15, 0.2) is 5.43 Å². The van der Waals surface area contributed by atoms with Gasteiger partial charge in [0, 0.05) is 18.1 Å². The third-order valence-corrected chi connectivity index (χ3v) is 3.30. The topological polar surface area (TPSA) is 50.4 Å². The molecule has 102 valence electrons. The summed E-state index contributed by atoms with van der Waals surface area (Å²) in [6.07, 6.45) is 4.43. The van der Waals surface area contributed by atoms with Crippen LogP contribution in [0.2, 0.25) is 0 Å². The van der Waals surface area contributed by atoms with Crippen LogP contribution in [0.4, 0.5) is 0 Å². The van der Waals surface area contributed by atoms with Crippen molar-refractivity contribution in [2.45, 2.75) is 46.0 Å². The number of benzene rings is 1. The summed E-state index contributed by atoms with van der Waals surface area (Å²) in [4.78, 5) is 12.1. The Morgan fingerprint density at radius 2 is 1.95 bits per heavy atom. The van der Waals surface area contributed by atoms with Gasteiger partial charge in [0.05, 0.1) is 5.39 Å². The molecule has 0 fully saturated rings. The van der Waals surface area contributed by atoms with Crippen LogP contribution in [-0.4, -0.2) is 5.11 Å². The summed E-state index contributed by atoms with van der Waals surface area (Å²) in [6.45, 7) is 4.14. The number of hydrogen-bond acceptors (Lipinski definition) is 3. The number of aromatic hydroxyl groups is 1. The van der Waals surface area contributed by atoms with Gasteiger partial charge in [-0.15, -0.1) is 0 Å². The van der Waals surface area contributed by atoms with Crippen molar-refractivity contribution < 1.29 is 9.52 Å². The zero-order valence-corrected chi connectivity index (χ0v) is 11.5. The first kappa shape index (κ1) is 13.7. The summed E-state index contributed by atoms with van der Waals surface area (Å²) in [5.41, 5.74) is 1.28. The van der Waals surface area contributed by atoms with Gasteiger partial charge in [-0.2, -0.15) is 0 Å². The lowest BCUT2D eigenvalue weighted by atomic mass is 10.0. The summed E-state index contributed by atoms with van der Waals surface area (Å²) < 4.78 is 5.85. The van der Waals surface area contributed by atoms with E-state index in [9.17, 15) is 9.90 Å². The van der Waals surface area contributed by atoms with E-state index < -0.39 is 0 Å². The summed E-state index contributed by atoms with van der Waals surface area (Å²) in [6, 6.07) is 4.79. The van der Waals surface area contributed by atoms with Crippen molar-refractivity contribution in [1.82, 2.24) is 0 Å². The number of unbranched alkanes of at least 4 members (excludes halogenated alkanes) is 1. The van der Waals surface area contributed by atoms with E-state index in [1.165, 1.54) is 0 Å². The van der Waals surface area contributed by atoms with Crippen LogP contribution in [0.3, 0.4) is 0 Å². The van der Waals surface area contributed by atoms with Gasteiger partial charge in [-0.25, -0.2) is 0 Å². The Balaban J connectivity index is 2.61. The zero-order valence-electron chi connectivity index (χ0n) is 11.5. The maximum absolute atomic E-state index is 12.1. The maximum atomic E-state index is 12.1. The molecule has 0 radical (unpaired) electrons. The molecule has 2 rings (SSSR count). The molecule has 0 aliphatic carbocycles. The highest BCUT2D eigenvalue weighted by molar-refractivity contribution is 5.82. The Kier molecular flexibility index (Phi) is 4.25. The first-order chi connectivity index (χ1) is 9.17. The molecule has 1 aromatic carbocycles. The zero-order chi connectivity index (χ0) is 13.8. The first-order valence-electron chi connectivity index (χ1n) is 6.95. The standard InChI is InChI=1S/C16H20O3/c1-3-5-7-11-10-15(18)13-8-9-14(17)12(6-4-2)16(13)19-11/h8-10,17H,3-7H2,1-2H3. The van der Waals surface area contributed by atoms with Crippen LogP contribution < -0.4 is 5.43 Å². The van der Waals surface area contributed by atoms with Gasteiger partial charge in [0.1, 0.15) is 17.1 Å². The fraction of sp³-hybridized carbons (Fsp3) is 0.438. The highest BCUT2D eigenvalue weighted by atomic mass is 16.3. The predicted molar refractivity (Wildman–Crippen MR) is 76.8 cm³/mol. The summed E-state index contributed by atoms with van der Waals surface area (Å²) in [5, 5.41) is 10.5. The quantitative estimate of drug-likeness (QED) is 0.889. The van der Waals surface area contributed by atoms with Crippen LogP contribution in [0.15, 0.2) is 27.4 Å². The van der Waals surface area contributed by atoms with Crippen LogP contribution in [0.1, 0.15) is 44.4 Å². The number of hydrogen-bond donors (Lipinski definition) is 1. The van der Waals surface area contributed by atoms with E-state index in [4.69, 9.17) is 4.42 Å². The normalized spacial score (nSPS) is 11.1. The third kappa shape index (κ3) is 2.80. The molecule has 2 aromatic rings. The summed E-state index contributed by atoms with van der Waals surface area (Å²) >= 11 is 0. The van der Waals surface area contributed by atoms with Crippen LogP contribution in [-0.2, 0) is 12.8 Å². The van der Waals surface area contributed by atoms with Gasteiger partial charge in [0.2, 0.25) is 0 Å². The van der Waals surface area contributed by atoms with Gasteiger partial charge < -0.3 is 9.52 Å². The molecule has 0 aliphatic rings. The second kappa shape index (κ2) is 5.91. The monoisotopic (exact) mass is 260 g/mol. The van der Waals surface area contributed by atoms with E-state index in [1.807, 2.05) is 6.92 Å². The molecule has 0 saturated heterocycles. The van der Waals surface area contributed by atoms with E-state index in [1.54, 1.807) is 18.2 Å². The molecule has 0 aliphatic heterocycles. The Bertz CT molecular complexity index is 626. The smallest absolute Gasteiger partial charge is 0.192 e. The molecular weight excluding hydrogens is 240 g/mol. The molecule has 3 heteroatoms. The summed E-state index contributed by atoms with van der Waals surface area (Å²) in [7, 11) is 0. The highest BCUT2D eigenvalue weighted by Crippen LogP contribution is 2.27. The minimum Gasteiger partial charge on any atom is -0.508 e. The Labute approximate surface area is 112 Å². The van der Waals surface area contributed by atoms with Crippen molar-refractivity contribution in [2.75, 3.05) is 0 Å². The number of aryl methyl sites for hydroxylation is 2. The van der Waals surface area contributed by atoms with Crippen molar-refractivity contribution in [2.24, 2.45) is 0 Å². The average molecular weight is 260 g/mol. The van der Waals surface area contributed by atoms with Gasteiger partial charge >= 0.3 is 0 Å². The minimum atomic E-state index is -0.0234. The number of rotatable bonds is 5. The van der Waals surface area contributed by atoms with Crippen molar-refractivity contribution in [1.29, 1.82) is 0 Å². The van der Waals surface area contributed by atoms with Crippen LogP contribution >= 0.6 is 0 Å². The molecule has 0 bridgehead atoms. The maximum Gasteiger partial charge on any atom is 0.192 e. The summed E-state index contributed by atoms with van der Waals surface area (Å²) in [5.74, 6) is 0.924. The fourth-order valence-electron chi connectivity index (χ4n) is 2.28. The fourth-order valence-corrected chi connectivity index (χ4v) is 2.28. The number of phenols is 1. The molecule has 0 atom stereocenters. The van der Waals surface area contributed by atoms with Gasteiger partial charge in [-0.3, -0.25) is 4.79 Å². The van der Waals surface area contributed by atoms with Crippen molar-refractivity contribution >= 4 is 11.0 Å². The lowest BCUT2D eigenvalue weighted by molar-refractivity contribution is 0.462. The molecule has 0 spiro atoms. The Morgan fingerprint density at radius 3 is 2.63 bits per heavy atom. The molecular formula is C16H20O3. The lowest BCUT2D eigenvalue weighted by Crippen LogP contribution is -2.04. The van der Waals surface area contributed by atoms with Crippen LogP contribution in [0.5, 0.6) is 5.75 Å². The van der Waals surface area contributed by atoms with Crippen molar-refractivity contribution in [3.8, 4) is 5.75 Å². The Morgan fingerprint density at radius 1 is 1.16 bits per heavy atom. The van der Waals surface area contributed by atoms with Crippen LogP contribution in [0, 0.1) is 0 Å². The first-order valence-corrected chi connectivity index (χ1v) is 6.95. The molecule has 1 heterocycles. The SMILES string of the molecule is CCCCc1cc(=O)c2ccc(O)c(CCC)c2o1. The molecule has 0 amide bonds. The van der Waals surface area contributed by atoms with E-state index in [-0.39, 0.29) is 11.2 Å². The van der Waals surface area contributed by atoms with Crippen molar-refractivity contribution in [3.63, 3.8) is 0 Å². The van der Waals surface area contributed by atoms with Gasteiger partial charge in [0.25, 0.3) is 0 Å².